The molecule has 0 aliphatic heterocycles. The summed E-state index contributed by atoms with van der Waals surface area (Å²) in [6, 6.07) is 0. The molecule has 0 aromatic rings. The topological polar surface area (TPSA) is 0 Å². The summed E-state index contributed by atoms with van der Waals surface area (Å²) in [4.78, 5) is 0.0298. The van der Waals surface area contributed by atoms with Crippen LogP contribution in [-0.2, 0) is 0 Å². The molecule has 2 rings (SSSR count). The number of alkyl halides is 2. The fourth-order valence-electron chi connectivity index (χ4n) is 4.28. The van der Waals surface area contributed by atoms with Gasteiger partial charge >= 0.3 is 0 Å². The fourth-order valence-corrected chi connectivity index (χ4v) is 4.95. The van der Waals surface area contributed by atoms with E-state index < -0.39 is 0 Å². The molecule has 116 valence electrons. The smallest absolute Gasteiger partial charge is 0.0449 e. The van der Waals surface area contributed by atoms with Crippen LogP contribution in [0.2, 0.25) is 0 Å². The maximum Gasteiger partial charge on any atom is 0.0449 e. The molecule has 0 nitrogen and oxygen atoms in total. The zero-order valence-electron chi connectivity index (χ0n) is 12.4. The molecule has 2 aliphatic carbocycles. The highest BCUT2D eigenvalue weighted by Crippen LogP contribution is 2.56. The minimum atomic E-state index is 0. The van der Waals surface area contributed by atoms with Crippen molar-refractivity contribution in [2.75, 3.05) is 0 Å². The van der Waals surface area contributed by atoms with Crippen molar-refractivity contribution in [2.24, 2.45) is 23.7 Å². The van der Waals surface area contributed by atoms with Crippen molar-refractivity contribution in [3.8, 4) is 0 Å². The summed E-state index contributed by atoms with van der Waals surface area (Å²) < 4.78 is 0. The van der Waals surface area contributed by atoms with E-state index in [1.807, 2.05) is 0 Å². The van der Waals surface area contributed by atoms with Crippen LogP contribution in [0, 0.1) is 23.7 Å². The quantitative estimate of drug-likeness (QED) is 0.486. The van der Waals surface area contributed by atoms with Gasteiger partial charge in [0.2, 0.25) is 0 Å². The Kier molecular flexibility index (Phi) is 7.37. The summed E-state index contributed by atoms with van der Waals surface area (Å²) in [5, 5.41) is 0. The standard InChI is InChI=1S/C15H26Cl2.2ClH/c1-10(2)11-5-8-15(4,17)13-6-7-14(3,16)9-12(11)13;;/h10-13H,5-9H2,1-4H3;2*1H. The van der Waals surface area contributed by atoms with Crippen LogP contribution in [0.3, 0.4) is 0 Å². The average molecular weight is 350 g/mol. The summed E-state index contributed by atoms with van der Waals surface area (Å²) >= 11 is 13.4. The van der Waals surface area contributed by atoms with Gasteiger partial charge in [-0.2, -0.15) is 0 Å². The lowest BCUT2D eigenvalue weighted by molar-refractivity contribution is 0.0357. The van der Waals surface area contributed by atoms with Crippen LogP contribution >= 0.6 is 48.0 Å². The van der Waals surface area contributed by atoms with Gasteiger partial charge in [0, 0.05) is 9.75 Å². The van der Waals surface area contributed by atoms with E-state index in [-0.39, 0.29) is 34.6 Å². The van der Waals surface area contributed by atoms with E-state index in [2.05, 4.69) is 27.7 Å². The minimum Gasteiger partial charge on any atom is -0.147 e. The Morgan fingerprint density at radius 2 is 1.58 bits per heavy atom. The SMILES string of the molecule is CC(C)C1CCC(C)(Cl)C2CCC(C)(Cl)CC12.Cl.Cl. The molecule has 2 fully saturated rings. The predicted octanol–water partition coefficient (Wildman–Crippen LogP) is 6.31. The van der Waals surface area contributed by atoms with Crippen molar-refractivity contribution >= 4 is 48.0 Å². The molecule has 2 saturated carbocycles. The Bertz CT molecular complexity index is 286. The Balaban J connectivity index is 0.00000162. The summed E-state index contributed by atoms with van der Waals surface area (Å²) in [5.74, 6) is 3.01. The molecule has 0 aromatic carbocycles. The molecule has 0 bridgehead atoms. The summed E-state index contributed by atoms with van der Waals surface area (Å²) in [5.41, 5.74) is 0. The molecule has 0 spiro atoms. The molecule has 0 N–H and O–H groups in total. The van der Waals surface area contributed by atoms with E-state index in [4.69, 9.17) is 23.2 Å². The molecule has 0 radical (unpaired) electrons. The number of halogens is 4. The number of rotatable bonds is 1. The third-order valence-corrected chi connectivity index (χ3v) is 6.11. The molecular weight excluding hydrogens is 322 g/mol. The number of fused-ring (bicyclic) bond motifs is 1. The van der Waals surface area contributed by atoms with Crippen LogP contribution in [0.5, 0.6) is 0 Å². The molecule has 19 heavy (non-hydrogen) atoms. The van der Waals surface area contributed by atoms with Crippen molar-refractivity contribution in [1.29, 1.82) is 0 Å². The first kappa shape index (κ1) is 20.2. The van der Waals surface area contributed by atoms with Crippen molar-refractivity contribution in [1.82, 2.24) is 0 Å². The van der Waals surface area contributed by atoms with Crippen molar-refractivity contribution in [3.63, 3.8) is 0 Å². The van der Waals surface area contributed by atoms with Crippen molar-refractivity contribution < 1.29 is 0 Å². The fraction of sp³-hybridized carbons (Fsp3) is 1.00. The van der Waals surface area contributed by atoms with Crippen LogP contribution in [0.4, 0.5) is 0 Å². The molecule has 4 heteroatoms. The van der Waals surface area contributed by atoms with E-state index in [0.29, 0.717) is 5.92 Å². The summed E-state index contributed by atoms with van der Waals surface area (Å²) in [6.45, 7) is 9.18. The van der Waals surface area contributed by atoms with E-state index in [0.717, 1.165) is 30.6 Å². The van der Waals surface area contributed by atoms with Gasteiger partial charge in [-0.3, -0.25) is 0 Å². The van der Waals surface area contributed by atoms with Crippen LogP contribution in [0.15, 0.2) is 0 Å². The Labute approximate surface area is 141 Å². The van der Waals surface area contributed by atoms with Gasteiger partial charge in [0.05, 0.1) is 0 Å². The molecule has 5 atom stereocenters. The van der Waals surface area contributed by atoms with Gasteiger partial charge in [0.1, 0.15) is 0 Å². The summed E-state index contributed by atoms with van der Waals surface area (Å²) in [7, 11) is 0. The highest BCUT2D eigenvalue weighted by molar-refractivity contribution is 6.24. The maximum atomic E-state index is 6.77. The first-order chi connectivity index (χ1) is 7.73. The van der Waals surface area contributed by atoms with Crippen molar-refractivity contribution in [3.05, 3.63) is 0 Å². The molecule has 0 amide bonds. The number of hydrogen-bond donors (Lipinski definition) is 0. The van der Waals surface area contributed by atoms with E-state index in [9.17, 15) is 0 Å². The van der Waals surface area contributed by atoms with E-state index in [1.54, 1.807) is 0 Å². The van der Waals surface area contributed by atoms with Gasteiger partial charge in [-0.25, -0.2) is 0 Å². The van der Waals surface area contributed by atoms with Crippen molar-refractivity contribution in [2.45, 2.75) is 69.5 Å². The highest BCUT2D eigenvalue weighted by atomic mass is 35.5. The third-order valence-electron chi connectivity index (χ3n) is 5.30. The van der Waals surface area contributed by atoms with Gasteiger partial charge < -0.3 is 0 Å². The van der Waals surface area contributed by atoms with Gasteiger partial charge in [0.15, 0.2) is 0 Å². The Morgan fingerprint density at radius 3 is 2.11 bits per heavy atom. The monoisotopic (exact) mass is 348 g/mol. The van der Waals surface area contributed by atoms with E-state index >= 15 is 0 Å². The van der Waals surface area contributed by atoms with Gasteiger partial charge in [-0.15, -0.1) is 48.0 Å². The molecule has 0 saturated heterocycles. The molecule has 2 aliphatic rings. The molecular formula is C15H28Cl4. The van der Waals surface area contributed by atoms with Gasteiger partial charge in [-0.05, 0) is 69.6 Å². The number of hydrogen-bond acceptors (Lipinski definition) is 0. The Hall–Kier alpha value is 1.16. The lowest BCUT2D eigenvalue weighted by Gasteiger charge is -2.53. The lowest BCUT2D eigenvalue weighted by Crippen LogP contribution is -2.49. The van der Waals surface area contributed by atoms with E-state index in [1.165, 1.54) is 19.3 Å². The third kappa shape index (κ3) is 4.31. The van der Waals surface area contributed by atoms with Gasteiger partial charge in [0.25, 0.3) is 0 Å². The molecule has 5 unspecified atom stereocenters. The largest absolute Gasteiger partial charge is 0.147 e. The minimum absolute atomic E-state index is 0. The second kappa shape index (κ2) is 6.95. The predicted molar refractivity (Wildman–Crippen MR) is 91.4 cm³/mol. The van der Waals surface area contributed by atoms with Crippen LogP contribution in [0.1, 0.15) is 59.8 Å². The zero-order valence-corrected chi connectivity index (χ0v) is 15.6. The summed E-state index contributed by atoms with van der Waals surface area (Å²) in [6.07, 6.45) is 5.96. The first-order valence-electron chi connectivity index (χ1n) is 7.11. The van der Waals surface area contributed by atoms with Crippen LogP contribution < -0.4 is 0 Å². The van der Waals surface area contributed by atoms with Crippen LogP contribution in [0.25, 0.3) is 0 Å². The average Bonchev–Trinajstić information content (AvgIpc) is 2.14. The second-order valence-corrected chi connectivity index (χ2v) is 8.93. The lowest BCUT2D eigenvalue weighted by atomic mass is 9.57. The molecule has 0 aromatic heterocycles. The maximum absolute atomic E-state index is 6.77. The molecule has 0 heterocycles. The van der Waals surface area contributed by atoms with Crippen LogP contribution in [-0.4, -0.2) is 9.75 Å². The van der Waals surface area contributed by atoms with Gasteiger partial charge in [-0.1, -0.05) is 13.8 Å². The zero-order chi connectivity index (χ0) is 12.8. The highest BCUT2D eigenvalue weighted by Gasteiger charge is 2.50. The normalized spacial score (nSPS) is 45.9. The Morgan fingerprint density at radius 1 is 1.00 bits per heavy atom. The first-order valence-corrected chi connectivity index (χ1v) is 7.86. The second-order valence-electron chi connectivity index (χ2n) is 7.15.